The molecule has 4 N–H and O–H groups in total. The van der Waals surface area contributed by atoms with Gasteiger partial charge in [0.05, 0.1) is 12.9 Å². The fourth-order valence-corrected chi connectivity index (χ4v) is 4.86. The highest BCUT2D eigenvalue weighted by Gasteiger charge is 2.54. The molecule has 2 aromatic heterocycles. The Labute approximate surface area is 232 Å². The van der Waals surface area contributed by atoms with E-state index in [-0.39, 0.29) is 11.3 Å². The highest BCUT2D eigenvalue weighted by Crippen LogP contribution is 2.43. The first-order valence-electron chi connectivity index (χ1n) is 12.4. The molecule has 15 heteroatoms. The Hall–Kier alpha value is -4.19. The van der Waals surface area contributed by atoms with Gasteiger partial charge in [-0.15, -0.1) is 0 Å². The van der Waals surface area contributed by atoms with Crippen LogP contribution in [0.1, 0.15) is 11.8 Å². The molecule has 4 heterocycles. The van der Waals surface area contributed by atoms with Gasteiger partial charge in [-0.2, -0.15) is 0 Å². The van der Waals surface area contributed by atoms with Crippen LogP contribution in [0.15, 0.2) is 73.3 Å². The monoisotopic (exact) mass is 578 g/mol. The molecule has 0 aliphatic carbocycles. The average molecular weight is 578 g/mol. The van der Waals surface area contributed by atoms with E-state index < -0.39 is 51.3 Å². The standard InChI is InChI=1S/C26H23N6O8P/c33-26(30-17-9-5-2-6-10-17)31-23-20-24(28-14-27-23)32(15-29-20)25-22-21(18(38-25)13-37-41(34,35)36)39-19(40-22)12-11-16-7-3-1-4-8-16/h1-10,14-15,18-19,21-22,25H,13H2,(H2,34,35,36)(H2,27,28,30,31,33)/t18-,19?,21?,22?,25-/m1/s1. The molecule has 6 rings (SSSR count). The number of hydrogen-bond acceptors (Lipinski definition) is 9. The summed E-state index contributed by atoms with van der Waals surface area (Å²) in [5.41, 5.74) is 1.96. The predicted octanol–water partition coefficient (Wildman–Crippen LogP) is 2.64. The molecule has 14 nitrogen and oxygen atoms in total. The number of anilines is 2. The Morgan fingerprint density at radius 2 is 1.71 bits per heavy atom. The first-order valence-corrected chi connectivity index (χ1v) is 13.9. The first-order chi connectivity index (χ1) is 19.8. The van der Waals surface area contributed by atoms with Crippen molar-refractivity contribution in [3.05, 3.63) is 78.9 Å². The SMILES string of the molecule is O=C(Nc1ccccc1)Nc1ncnc2c1ncn2[C@@H]1O[C@H](COP(=O)(O)O)C2OC(C#Cc3ccccc3)OC21. The second kappa shape index (κ2) is 11.4. The second-order valence-electron chi connectivity index (χ2n) is 9.01. The average Bonchev–Trinajstić information content (AvgIpc) is 3.66. The molecule has 0 spiro atoms. The van der Waals surface area contributed by atoms with Gasteiger partial charge in [-0.25, -0.2) is 24.3 Å². The van der Waals surface area contributed by atoms with Crippen LogP contribution in [0.25, 0.3) is 11.2 Å². The number of aromatic nitrogens is 4. The summed E-state index contributed by atoms with van der Waals surface area (Å²) in [4.78, 5) is 43.9. The van der Waals surface area contributed by atoms with Crippen LogP contribution in [0.2, 0.25) is 0 Å². The quantitative estimate of drug-likeness (QED) is 0.195. The molecule has 210 valence electrons. The maximum Gasteiger partial charge on any atom is 0.469 e. The van der Waals surface area contributed by atoms with Crippen molar-refractivity contribution in [3.8, 4) is 11.8 Å². The number of ether oxygens (including phenoxy) is 3. The zero-order valence-electron chi connectivity index (χ0n) is 21.1. The summed E-state index contributed by atoms with van der Waals surface area (Å²) in [6, 6.07) is 17.6. The fraction of sp³-hybridized carbons (Fsp3) is 0.231. The lowest BCUT2D eigenvalue weighted by atomic mass is 10.1. The molecule has 0 bridgehead atoms. The van der Waals surface area contributed by atoms with Gasteiger partial charge in [0.1, 0.15) is 24.6 Å². The molecule has 41 heavy (non-hydrogen) atoms. The molecule has 2 amide bonds. The van der Waals surface area contributed by atoms with Crippen LogP contribution in [-0.2, 0) is 23.3 Å². The topological polar surface area (TPSA) is 179 Å². The van der Waals surface area contributed by atoms with Crippen molar-refractivity contribution < 1.29 is 37.9 Å². The number of para-hydroxylation sites is 1. The molecule has 4 aromatic rings. The minimum atomic E-state index is -4.78. The maximum absolute atomic E-state index is 12.6. The number of phosphoric ester groups is 1. The van der Waals surface area contributed by atoms with Gasteiger partial charge in [0, 0.05) is 11.3 Å². The molecule has 2 aliphatic rings. The third kappa shape index (κ3) is 6.12. The van der Waals surface area contributed by atoms with Crippen LogP contribution in [0.5, 0.6) is 0 Å². The lowest BCUT2D eigenvalue weighted by Gasteiger charge is -2.20. The van der Waals surface area contributed by atoms with Gasteiger partial charge in [0.2, 0.25) is 6.29 Å². The van der Waals surface area contributed by atoms with E-state index in [4.69, 9.17) is 18.7 Å². The van der Waals surface area contributed by atoms with Crippen LogP contribution < -0.4 is 10.6 Å². The largest absolute Gasteiger partial charge is 0.469 e. The third-order valence-electron chi connectivity index (χ3n) is 6.26. The normalized spacial score (nSPS) is 23.5. The molecule has 0 radical (unpaired) electrons. The smallest absolute Gasteiger partial charge is 0.347 e. The molecule has 0 saturated carbocycles. The van der Waals surface area contributed by atoms with Crippen molar-refractivity contribution in [2.24, 2.45) is 0 Å². The second-order valence-corrected chi connectivity index (χ2v) is 10.3. The van der Waals surface area contributed by atoms with E-state index >= 15 is 0 Å². The molecule has 3 unspecified atom stereocenters. The number of fused-ring (bicyclic) bond motifs is 2. The number of carbonyl (C=O) groups excluding carboxylic acids is 1. The zero-order chi connectivity index (χ0) is 28.4. The summed E-state index contributed by atoms with van der Waals surface area (Å²) >= 11 is 0. The van der Waals surface area contributed by atoms with E-state index in [1.54, 1.807) is 28.8 Å². The molecular formula is C26H23N6O8P. The van der Waals surface area contributed by atoms with Crippen molar-refractivity contribution in [2.45, 2.75) is 30.8 Å². The van der Waals surface area contributed by atoms with Crippen LogP contribution in [0.3, 0.4) is 0 Å². The minimum Gasteiger partial charge on any atom is -0.347 e. The number of benzene rings is 2. The summed E-state index contributed by atoms with van der Waals surface area (Å²) in [6.45, 7) is -0.460. The van der Waals surface area contributed by atoms with E-state index in [2.05, 4.69) is 37.4 Å². The van der Waals surface area contributed by atoms with Gasteiger partial charge >= 0.3 is 13.9 Å². The molecule has 2 aromatic carbocycles. The van der Waals surface area contributed by atoms with Crippen molar-refractivity contribution in [3.63, 3.8) is 0 Å². The Morgan fingerprint density at radius 1 is 0.976 bits per heavy atom. The number of hydrogen-bond donors (Lipinski definition) is 4. The van der Waals surface area contributed by atoms with Gasteiger partial charge in [-0.05, 0) is 30.2 Å². The molecule has 2 saturated heterocycles. The van der Waals surface area contributed by atoms with Crippen LogP contribution in [0.4, 0.5) is 16.3 Å². The van der Waals surface area contributed by atoms with Crippen LogP contribution >= 0.6 is 7.82 Å². The maximum atomic E-state index is 12.6. The Morgan fingerprint density at radius 3 is 2.46 bits per heavy atom. The summed E-state index contributed by atoms with van der Waals surface area (Å²) in [7, 11) is -4.78. The molecular weight excluding hydrogens is 555 g/mol. The van der Waals surface area contributed by atoms with E-state index in [0.717, 1.165) is 5.56 Å². The number of rotatable bonds is 6. The Bertz CT molecular complexity index is 1650. The number of imidazole rings is 1. The van der Waals surface area contributed by atoms with Gasteiger partial charge < -0.3 is 29.3 Å². The van der Waals surface area contributed by atoms with Crippen molar-refractivity contribution >= 4 is 36.5 Å². The van der Waals surface area contributed by atoms with Crippen molar-refractivity contribution in [1.29, 1.82) is 0 Å². The van der Waals surface area contributed by atoms with Crippen LogP contribution in [-0.4, -0.2) is 66.5 Å². The van der Waals surface area contributed by atoms with Crippen molar-refractivity contribution in [2.75, 3.05) is 17.2 Å². The minimum absolute atomic E-state index is 0.160. The van der Waals surface area contributed by atoms with E-state index in [0.29, 0.717) is 11.3 Å². The van der Waals surface area contributed by atoms with E-state index in [1.807, 2.05) is 36.4 Å². The first kappa shape index (κ1) is 27.0. The summed E-state index contributed by atoms with van der Waals surface area (Å²) in [5, 5.41) is 5.38. The van der Waals surface area contributed by atoms with E-state index in [9.17, 15) is 19.1 Å². The molecule has 5 atom stereocenters. The van der Waals surface area contributed by atoms with Gasteiger partial charge in [-0.3, -0.25) is 14.4 Å². The number of nitrogens with zero attached hydrogens (tertiary/aromatic N) is 4. The Kier molecular flexibility index (Phi) is 7.48. The van der Waals surface area contributed by atoms with E-state index in [1.165, 1.54) is 12.7 Å². The lowest BCUT2D eigenvalue weighted by Crippen LogP contribution is -2.31. The number of nitrogens with one attached hydrogen (secondary N) is 2. The molecule has 2 fully saturated rings. The number of urea groups is 1. The van der Waals surface area contributed by atoms with Gasteiger partial charge in [0.15, 0.2) is 23.2 Å². The number of carbonyl (C=O) groups is 1. The summed E-state index contributed by atoms with van der Waals surface area (Å²) in [6.07, 6.45) is -1.53. The fourth-order valence-electron chi connectivity index (χ4n) is 4.52. The Balaban J connectivity index is 1.25. The number of amides is 2. The highest BCUT2D eigenvalue weighted by atomic mass is 31.2. The summed E-state index contributed by atoms with van der Waals surface area (Å²) < 4.78 is 35.8. The number of phosphoric acid groups is 1. The lowest BCUT2D eigenvalue weighted by molar-refractivity contribution is -0.129. The third-order valence-corrected chi connectivity index (χ3v) is 6.74. The van der Waals surface area contributed by atoms with Gasteiger partial charge in [-0.1, -0.05) is 42.3 Å². The van der Waals surface area contributed by atoms with Crippen molar-refractivity contribution in [1.82, 2.24) is 19.5 Å². The zero-order valence-corrected chi connectivity index (χ0v) is 22.0. The van der Waals surface area contributed by atoms with Crippen LogP contribution in [0, 0.1) is 11.8 Å². The van der Waals surface area contributed by atoms with Gasteiger partial charge in [0.25, 0.3) is 0 Å². The summed E-state index contributed by atoms with van der Waals surface area (Å²) in [5.74, 6) is 6.07. The predicted molar refractivity (Wildman–Crippen MR) is 143 cm³/mol. The molecule has 2 aliphatic heterocycles. The highest BCUT2D eigenvalue weighted by molar-refractivity contribution is 7.46.